The summed E-state index contributed by atoms with van der Waals surface area (Å²) in [6.07, 6.45) is 0. The van der Waals surface area contributed by atoms with Crippen LogP contribution in [0.25, 0.3) is 0 Å². The van der Waals surface area contributed by atoms with Crippen LogP contribution in [0.3, 0.4) is 0 Å². The minimum absolute atomic E-state index is 0.260. The van der Waals surface area contributed by atoms with Crippen LogP contribution in [0.15, 0.2) is 59.5 Å². The number of piperazine rings is 1. The molecule has 7 heteroatoms. The fraction of sp³-hybridized carbons (Fsp3) is 0.368. The SMILES string of the molecule is COCCN1CCN(c2ccc(NS(=O)(=O)c3ccccc3)cc2)CC1. The van der Waals surface area contributed by atoms with Crippen LogP contribution in [0.1, 0.15) is 0 Å². The van der Waals surface area contributed by atoms with Crippen molar-refractivity contribution in [3.05, 3.63) is 54.6 Å². The lowest BCUT2D eigenvalue weighted by atomic mass is 10.2. The molecular formula is C19H25N3O3S. The van der Waals surface area contributed by atoms with Crippen LogP contribution in [-0.4, -0.2) is 59.8 Å². The van der Waals surface area contributed by atoms with Gasteiger partial charge in [0.05, 0.1) is 11.5 Å². The summed E-state index contributed by atoms with van der Waals surface area (Å²) < 4.78 is 32.5. The van der Waals surface area contributed by atoms with Crippen molar-refractivity contribution in [1.82, 2.24) is 4.90 Å². The zero-order valence-electron chi connectivity index (χ0n) is 15.0. The molecule has 2 aromatic rings. The van der Waals surface area contributed by atoms with Crippen molar-refractivity contribution in [2.24, 2.45) is 0 Å². The summed E-state index contributed by atoms with van der Waals surface area (Å²) >= 11 is 0. The Balaban J connectivity index is 1.59. The second kappa shape index (κ2) is 8.53. The third kappa shape index (κ3) is 4.75. The first-order chi connectivity index (χ1) is 12.6. The highest BCUT2D eigenvalue weighted by Gasteiger charge is 2.17. The van der Waals surface area contributed by atoms with Gasteiger partial charge < -0.3 is 9.64 Å². The van der Waals surface area contributed by atoms with Crippen LogP contribution >= 0.6 is 0 Å². The molecule has 1 saturated heterocycles. The van der Waals surface area contributed by atoms with E-state index >= 15 is 0 Å². The third-order valence-corrected chi connectivity index (χ3v) is 5.92. The van der Waals surface area contributed by atoms with Gasteiger partial charge in [0.15, 0.2) is 0 Å². The van der Waals surface area contributed by atoms with Gasteiger partial charge in [0, 0.05) is 51.2 Å². The molecule has 1 heterocycles. The molecule has 2 aromatic carbocycles. The van der Waals surface area contributed by atoms with Gasteiger partial charge in [-0.3, -0.25) is 9.62 Å². The van der Waals surface area contributed by atoms with E-state index < -0.39 is 10.0 Å². The van der Waals surface area contributed by atoms with Gasteiger partial charge in [-0.15, -0.1) is 0 Å². The molecule has 0 aromatic heterocycles. The number of benzene rings is 2. The highest BCUT2D eigenvalue weighted by molar-refractivity contribution is 7.92. The van der Waals surface area contributed by atoms with E-state index in [1.54, 1.807) is 37.4 Å². The zero-order chi connectivity index (χ0) is 18.4. The van der Waals surface area contributed by atoms with Gasteiger partial charge in [0.25, 0.3) is 10.0 Å². The number of methoxy groups -OCH3 is 1. The molecule has 140 valence electrons. The standard InChI is InChI=1S/C19H25N3O3S/c1-25-16-15-21-11-13-22(14-12-21)18-9-7-17(8-10-18)20-26(23,24)19-5-3-2-4-6-19/h2-10,20H,11-16H2,1H3. The number of anilines is 2. The molecule has 0 saturated carbocycles. The molecule has 1 aliphatic rings. The van der Waals surface area contributed by atoms with Crippen molar-refractivity contribution in [2.45, 2.75) is 4.90 Å². The summed E-state index contributed by atoms with van der Waals surface area (Å²) in [5, 5.41) is 0. The van der Waals surface area contributed by atoms with E-state index in [0.717, 1.165) is 45.0 Å². The quantitative estimate of drug-likeness (QED) is 0.804. The monoisotopic (exact) mass is 375 g/mol. The number of ether oxygens (including phenoxy) is 1. The lowest BCUT2D eigenvalue weighted by Gasteiger charge is -2.36. The largest absolute Gasteiger partial charge is 0.383 e. The molecule has 0 amide bonds. The molecule has 0 radical (unpaired) electrons. The van der Waals surface area contributed by atoms with Crippen molar-refractivity contribution < 1.29 is 13.2 Å². The smallest absolute Gasteiger partial charge is 0.261 e. The predicted molar refractivity (Wildman–Crippen MR) is 104 cm³/mol. The topological polar surface area (TPSA) is 61.9 Å². The number of nitrogens with zero attached hydrogens (tertiary/aromatic N) is 2. The number of sulfonamides is 1. The fourth-order valence-electron chi connectivity index (χ4n) is 3.00. The Bertz CT molecular complexity index is 787. The molecule has 1 aliphatic heterocycles. The fourth-order valence-corrected chi connectivity index (χ4v) is 4.08. The van der Waals surface area contributed by atoms with E-state index in [1.807, 2.05) is 24.3 Å². The first kappa shape index (κ1) is 18.7. The lowest BCUT2D eigenvalue weighted by molar-refractivity contribution is 0.144. The minimum Gasteiger partial charge on any atom is -0.383 e. The van der Waals surface area contributed by atoms with Crippen molar-refractivity contribution >= 4 is 21.4 Å². The third-order valence-electron chi connectivity index (χ3n) is 4.52. The van der Waals surface area contributed by atoms with Gasteiger partial charge in [0.1, 0.15) is 0 Å². The van der Waals surface area contributed by atoms with Gasteiger partial charge in [-0.2, -0.15) is 0 Å². The summed E-state index contributed by atoms with van der Waals surface area (Å²) in [5.41, 5.74) is 1.68. The Labute approximate surface area is 155 Å². The van der Waals surface area contributed by atoms with Crippen molar-refractivity contribution in [1.29, 1.82) is 0 Å². The molecule has 26 heavy (non-hydrogen) atoms. The van der Waals surface area contributed by atoms with Gasteiger partial charge >= 0.3 is 0 Å². The molecule has 0 unspecified atom stereocenters. The van der Waals surface area contributed by atoms with Crippen LogP contribution < -0.4 is 9.62 Å². The van der Waals surface area contributed by atoms with E-state index in [0.29, 0.717) is 5.69 Å². The number of hydrogen-bond donors (Lipinski definition) is 1. The van der Waals surface area contributed by atoms with E-state index in [1.165, 1.54) is 0 Å². The molecule has 0 atom stereocenters. The van der Waals surface area contributed by atoms with Crippen molar-refractivity contribution in [3.63, 3.8) is 0 Å². The average Bonchev–Trinajstić information content (AvgIpc) is 2.68. The van der Waals surface area contributed by atoms with Crippen LogP contribution in [0.4, 0.5) is 11.4 Å². The first-order valence-electron chi connectivity index (χ1n) is 8.73. The molecular weight excluding hydrogens is 350 g/mol. The molecule has 1 N–H and O–H groups in total. The van der Waals surface area contributed by atoms with Gasteiger partial charge in [-0.1, -0.05) is 18.2 Å². The Morgan fingerprint density at radius 2 is 1.62 bits per heavy atom. The molecule has 0 spiro atoms. The zero-order valence-corrected chi connectivity index (χ0v) is 15.8. The van der Waals surface area contributed by atoms with Crippen LogP contribution in [0, 0.1) is 0 Å². The predicted octanol–water partition coefficient (Wildman–Crippen LogP) is 2.26. The Kier molecular flexibility index (Phi) is 6.13. The summed E-state index contributed by atoms with van der Waals surface area (Å²) in [4.78, 5) is 4.97. The van der Waals surface area contributed by atoms with Gasteiger partial charge in [0.2, 0.25) is 0 Å². The van der Waals surface area contributed by atoms with E-state index in [-0.39, 0.29) is 4.90 Å². The maximum absolute atomic E-state index is 12.4. The van der Waals surface area contributed by atoms with Crippen molar-refractivity contribution in [2.75, 3.05) is 56.1 Å². The van der Waals surface area contributed by atoms with Gasteiger partial charge in [-0.25, -0.2) is 8.42 Å². The highest BCUT2D eigenvalue weighted by Crippen LogP contribution is 2.21. The Hall–Kier alpha value is -2.09. The maximum Gasteiger partial charge on any atom is 0.261 e. The second-order valence-corrected chi connectivity index (χ2v) is 7.97. The Morgan fingerprint density at radius 1 is 0.962 bits per heavy atom. The molecule has 0 bridgehead atoms. The van der Waals surface area contributed by atoms with Crippen LogP contribution in [0.5, 0.6) is 0 Å². The van der Waals surface area contributed by atoms with E-state index in [4.69, 9.17) is 4.74 Å². The first-order valence-corrected chi connectivity index (χ1v) is 10.2. The lowest BCUT2D eigenvalue weighted by Crippen LogP contribution is -2.47. The molecule has 6 nitrogen and oxygen atoms in total. The minimum atomic E-state index is -3.55. The van der Waals surface area contributed by atoms with Crippen LogP contribution in [-0.2, 0) is 14.8 Å². The maximum atomic E-state index is 12.4. The summed E-state index contributed by atoms with van der Waals surface area (Å²) in [5.74, 6) is 0. The number of rotatable bonds is 7. The van der Waals surface area contributed by atoms with Crippen molar-refractivity contribution in [3.8, 4) is 0 Å². The van der Waals surface area contributed by atoms with Gasteiger partial charge in [-0.05, 0) is 36.4 Å². The van der Waals surface area contributed by atoms with E-state index in [9.17, 15) is 8.42 Å². The summed E-state index contributed by atoms with van der Waals surface area (Å²) in [7, 11) is -1.82. The number of hydrogen-bond acceptors (Lipinski definition) is 5. The second-order valence-electron chi connectivity index (χ2n) is 6.29. The molecule has 3 rings (SSSR count). The average molecular weight is 375 g/mol. The highest BCUT2D eigenvalue weighted by atomic mass is 32.2. The summed E-state index contributed by atoms with van der Waals surface area (Å²) in [6, 6.07) is 15.9. The number of nitrogens with one attached hydrogen (secondary N) is 1. The Morgan fingerprint density at radius 3 is 2.23 bits per heavy atom. The van der Waals surface area contributed by atoms with Crippen LogP contribution in [0.2, 0.25) is 0 Å². The summed E-state index contributed by atoms with van der Waals surface area (Å²) in [6.45, 7) is 5.65. The normalized spacial score (nSPS) is 15.8. The molecule has 0 aliphatic carbocycles. The van der Waals surface area contributed by atoms with E-state index in [2.05, 4.69) is 14.5 Å². The molecule has 1 fully saturated rings.